The van der Waals surface area contributed by atoms with Crippen molar-refractivity contribution in [2.24, 2.45) is 11.8 Å². The fourth-order valence-electron chi connectivity index (χ4n) is 6.92. The van der Waals surface area contributed by atoms with E-state index in [4.69, 9.17) is 12.9 Å². The van der Waals surface area contributed by atoms with Gasteiger partial charge in [-0.25, -0.2) is 0 Å². The van der Waals surface area contributed by atoms with Gasteiger partial charge < -0.3 is 12.9 Å². The van der Waals surface area contributed by atoms with Crippen molar-refractivity contribution in [3.8, 4) is 0 Å². The Morgan fingerprint density at radius 3 is 1.78 bits per heavy atom. The zero-order valence-electron chi connectivity index (χ0n) is 37.9. The topological polar surface area (TPSA) is 35.5 Å². The van der Waals surface area contributed by atoms with E-state index in [9.17, 15) is 0 Å². The van der Waals surface area contributed by atoms with E-state index in [0.29, 0.717) is 5.92 Å². The molecule has 2 aliphatic carbocycles. The lowest BCUT2D eigenvalue weighted by atomic mass is 9.83. The molecule has 3 atom stereocenters. The molecular formula is C53H72O3P2. The number of fused-ring (bicyclic) bond motifs is 3. The quantitative estimate of drug-likeness (QED) is 0.153. The predicted molar refractivity (Wildman–Crippen MR) is 260 cm³/mol. The van der Waals surface area contributed by atoms with Crippen LogP contribution in [0.15, 0.2) is 129 Å². The summed E-state index contributed by atoms with van der Waals surface area (Å²) >= 11 is 0. The molecule has 2 aliphatic rings. The van der Waals surface area contributed by atoms with E-state index in [1.54, 1.807) is 0 Å². The van der Waals surface area contributed by atoms with Gasteiger partial charge in [0.2, 0.25) is 0 Å². The van der Waals surface area contributed by atoms with Crippen LogP contribution < -0.4 is 20.4 Å². The summed E-state index contributed by atoms with van der Waals surface area (Å²) in [6, 6.07) is 34.9. The van der Waals surface area contributed by atoms with Crippen LogP contribution in [0.5, 0.6) is 0 Å². The van der Waals surface area contributed by atoms with Gasteiger partial charge in [-0.2, -0.15) is 0 Å². The molecule has 5 heteroatoms. The summed E-state index contributed by atoms with van der Waals surface area (Å²) in [5.41, 5.74) is 7.27. The first-order chi connectivity index (χ1) is 28.1. The van der Waals surface area contributed by atoms with E-state index in [1.807, 2.05) is 26.0 Å². The molecule has 0 aliphatic heterocycles. The first-order valence-corrected chi connectivity index (χ1v) is 24.3. The maximum Gasteiger partial charge on any atom is 0.453 e. The molecule has 0 N–H and O–H groups in total. The lowest BCUT2D eigenvalue weighted by Crippen LogP contribution is -2.26. The normalized spacial score (nSPS) is 15.5. The summed E-state index contributed by atoms with van der Waals surface area (Å²) in [6.45, 7) is 28.1. The molecule has 0 saturated heterocycles. The molecule has 0 spiro atoms. The van der Waals surface area contributed by atoms with Crippen LogP contribution >= 0.6 is 16.2 Å². The van der Waals surface area contributed by atoms with Crippen molar-refractivity contribution in [3.05, 3.63) is 149 Å². The van der Waals surface area contributed by atoms with Gasteiger partial charge >= 0.3 is 8.24 Å². The first-order valence-electron chi connectivity index (χ1n) is 21.9. The van der Waals surface area contributed by atoms with Gasteiger partial charge in [0.05, 0.1) is 0 Å². The Kier molecular flexibility index (Phi) is 21.2. The van der Waals surface area contributed by atoms with Gasteiger partial charge in [0, 0.05) is 16.5 Å². The van der Waals surface area contributed by atoms with Crippen LogP contribution in [-0.4, -0.2) is 0 Å². The van der Waals surface area contributed by atoms with Crippen molar-refractivity contribution < 1.29 is 12.9 Å². The Morgan fingerprint density at radius 1 is 0.690 bits per heavy atom. The molecule has 3 nitrogen and oxygen atoms in total. The second-order valence-corrected chi connectivity index (χ2v) is 18.6. The second-order valence-electron chi connectivity index (χ2n) is 15.4. The van der Waals surface area contributed by atoms with Crippen molar-refractivity contribution in [2.45, 2.75) is 128 Å². The summed E-state index contributed by atoms with van der Waals surface area (Å²) in [7, 11) is -2.58. The Labute approximate surface area is 355 Å². The molecular weight excluding hydrogens is 747 g/mol. The summed E-state index contributed by atoms with van der Waals surface area (Å²) < 4.78 is 20.2. The van der Waals surface area contributed by atoms with Crippen molar-refractivity contribution in [1.82, 2.24) is 0 Å². The molecule has 1 aromatic heterocycles. The number of hydrogen-bond donors (Lipinski definition) is 0. The summed E-state index contributed by atoms with van der Waals surface area (Å²) in [6.07, 6.45) is 14.0. The van der Waals surface area contributed by atoms with Crippen LogP contribution in [0.25, 0.3) is 22.6 Å². The van der Waals surface area contributed by atoms with Crippen molar-refractivity contribution in [1.29, 1.82) is 0 Å². The lowest BCUT2D eigenvalue weighted by molar-refractivity contribution is 0.454. The number of rotatable bonds is 7. The molecule has 2 unspecified atom stereocenters. The number of benzene rings is 4. The summed E-state index contributed by atoms with van der Waals surface area (Å²) in [4.78, 5) is 0. The van der Waals surface area contributed by atoms with Gasteiger partial charge in [-0.1, -0.05) is 199 Å². The minimum absolute atomic E-state index is 0.257. The molecule has 0 saturated carbocycles. The third-order valence-corrected chi connectivity index (χ3v) is 12.7. The highest BCUT2D eigenvalue weighted by molar-refractivity contribution is 7.80. The van der Waals surface area contributed by atoms with Gasteiger partial charge in [0.15, 0.2) is 0 Å². The zero-order valence-corrected chi connectivity index (χ0v) is 39.7. The first kappa shape index (κ1) is 48.3. The predicted octanol–water partition coefficient (Wildman–Crippen LogP) is 16.2. The Bertz CT molecular complexity index is 2050. The van der Waals surface area contributed by atoms with E-state index >= 15 is 0 Å². The van der Waals surface area contributed by atoms with Crippen molar-refractivity contribution >= 4 is 54.7 Å². The molecule has 0 bridgehead atoms. The smallest absolute Gasteiger partial charge is 0.390 e. The van der Waals surface area contributed by atoms with Gasteiger partial charge in [-0.05, 0) is 103 Å². The highest BCUT2D eigenvalue weighted by atomic mass is 31.1. The lowest BCUT2D eigenvalue weighted by Gasteiger charge is -2.30. The Hall–Kier alpha value is -4.03. The molecule has 0 fully saturated rings. The number of aryl methyl sites for hydroxylation is 1. The van der Waals surface area contributed by atoms with Gasteiger partial charge in [0.25, 0.3) is 0 Å². The van der Waals surface area contributed by atoms with Crippen LogP contribution in [0.4, 0.5) is 0 Å². The van der Waals surface area contributed by atoms with E-state index in [0.717, 1.165) is 47.7 Å². The minimum Gasteiger partial charge on any atom is -0.390 e. The third kappa shape index (κ3) is 13.0. The number of hydrogen-bond acceptors (Lipinski definition) is 3. The SMILES string of the molecule is CC.CC(C)C.CCC.CCC.CCc1c(C)ccc(P(c2ccccc2)c2ccccc2)c1C1=C(Op2oc3c(c4ccccc4o2)C(C)CC=C3)C=CC[C@H]1C. The fraction of sp³-hybridized carbons (Fsp3) is 0.396. The van der Waals surface area contributed by atoms with Crippen LogP contribution in [0.2, 0.25) is 0 Å². The second kappa shape index (κ2) is 25.5. The minimum atomic E-state index is -1.75. The highest BCUT2D eigenvalue weighted by Crippen LogP contribution is 2.45. The van der Waals surface area contributed by atoms with Crippen molar-refractivity contribution in [2.75, 3.05) is 0 Å². The number of allylic oxidation sites excluding steroid dienone is 4. The Morgan fingerprint density at radius 2 is 1.21 bits per heavy atom. The van der Waals surface area contributed by atoms with E-state index in [2.05, 4.69) is 185 Å². The maximum absolute atomic E-state index is 6.93. The van der Waals surface area contributed by atoms with Crippen molar-refractivity contribution in [3.63, 3.8) is 0 Å². The molecule has 0 radical (unpaired) electrons. The maximum atomic E-state index is 6.93. The fourth-order valence-corrected chi connectivity index (χ4v) is 10.5. The molecule has 58 heavy (non-hydrogen) atoms. The molecule has 5 aromatic rings. The van der Waals surface area contributed by atoms with Crippen LogP contribution in [0, 0.1) is 18.8 Å². The number of para-hydroxylation sites is 1. The van der Waals surface area contributed by atoms with Crippen LogP contribution in [0.1, 0.15) is 143 Å². The molecule has 0 amide bonds. The molecule has 4 aromatic carbocycles. The Balaban J connectivity index is 0.000000672. The van der Waals surface area contributed by atoms with Gasteiger partial charge in [-0.3, -0.25) is 0 Å². The highest BCUT2D eigenvalue weighted by Gasteiger charge is 2.30. The van der Waals surface area contributed by atoms with Crippen LogP contribution in [0.3, 0.4) is 0 Å². The van der Waals surface area contributed by atoms with E-state index in [-0.39, 0.29) is 5.92 Å². The standard InChI is InChI=1S/C41H40O3P2.C4H10.2C3H8.C2H6/c1-5-33-28(2)26-27-38(45(31-18-8-6-9-19-31)32-20-10-7-11-21-32)41(33)40-30(4)17-15-25-37(40)44-46-42-35-23-13-12-22-34(35)39-29(3)16-14-24-36(39)43-46;1-4(2)3;2*1-3-2;1-2/h6-15,18-27,29-30H,5,16-17H2,1-4H3;4H,1-3H3;2*3H2,1-2H3;1-2H3/t29?,30-,46?;;;;/m1..../s1. The summed E-state index contributed by atoms with van der Waals surface area (Å²) in [5.74, 6) is 3.12. The third-order valence-electron chi connectivity index (χ3n) is 9.15. The average molecular weight is 819 g/mol. The zero-order chi connectivity index (χ0) is 42.6. The molecule has 1 heterocycles. The molecule has 312 valence electrons. The molecule has 7 rings (SSSR count). The van der Waals surface area contributed by atoms with Gasteiger partial charge in [0.1, 0.15) is 17.1 Å². The largest absolute Gasteiger partial charge is 0.453 e. The van der Waals surface area contributed by atoms with Crippen LogP contribution in [-0.2, 0) is 6.42 Å². The van der Waals surface area contributed by atoms with Gasteiger partial charge in [-0.15, -0.1) is 0 Å². The van der Waals surface area contributed by atoms with E-state index in [1.165, 1.54) is 56.6 Å². The summed E-state index contributed by atoms with van der Waals surface area (Å²) in [5, 5.41) is 5.14. The average Bonchev–Trinajstić information content (AvgIpc) is 3.37. The monoisotopic (exact) mass is 818 g/mol. The van der Waals surface area contributed by atoms with E-state index < -0.39 is 16.2 Å².